The van der Waals surface area contributed by atoms with Gasteiger partial charge in [-0.3, -0.25) is 4.79 Å². The van der Waals surface area contributed by atoms with Crippen LogP contribution in [0.25, 0.3) is 0 Å². The summed E-state index contributed by atoms with van der Waals surface area (Å²) in [7, 11) is -3.31. The molecule has 0 aliphatic rings. The van der Waals surface area contributed by atoms with E-state index in [9.17, 15) is 13.2 Å². The maximum atomic E-state index is 11.9. The van der Waals surface area contributed by atoms with E-state index in [-0.39, 0.29) is 12.4 Å². The Morgan fingerprint density at radius 3 is 2.53 bits per heavy atom. The molecule has 0 fully saturated rings. The van der Waals surface area contributed by atoms with Crippen LogP contribution in [0.5, 0.6) is 0 Å². The molecule has 1 rings (SSSR count). The molecule has 0 unspecified atom stereocenters. The third-order valence-corrected chi connectivity index (χ3v) is 3.94. The molecular weight excluding hydrogens is 240 g/mol. The van der Waals surface area contributed by atoms with Crippen molar-refractivity contribution in [3.05, 3.63) is 42.0 Å². The largest absolute Gasteiger partial charge is 0.464 e. The van der Waals surface area contributed by atoms with Crippen LogP contribution in [0.1, 0.15) is 6.92 Å². The van der Waals surface area contributed by atoms with Gasteiger partial charge >= 0.3 is 0 Å². The first-order valence-electron chi connectivity index (χ1n) is 5.05. The minimum Gasteiger partial charge on any atom is -0.464 e. The van der Waals surface area contributed by atoms with Crippen molar-refractivity contribution in [1.29, 1.82) is 0 Å². The molecule has 0 saturated carbocycles. The standard InChI is InChI=1S/C12H14O4S/c1-11(7-8-16-10-13)9-17(14,15)12-5-3-2-4-6-12/h2-7,10H,8-9H2,1H3/b11-7+. The summed E-state index contributed by atoms with van der Waals surface area (Å²) >= 11 is 0. The second kappa shape index (κ2) is 6.20. The van der Waals surface area contributed by atoms with Crippen molar-refractivity contribution < 1.29 is 17.9 Å². The summed E-state index contributed by atoms with van der Waals surface area (Å²) in [6.45, 7) is 2.11. The van der Waals surface area contributed by atoms with Crippen LogP contribution in [0.4, 0.5) is 0 Å². The van der Waals surface area contributed by atoms with E-state index in [0.29, 0.717) is 16.9 Å². The highest BCUT2D eigenvalue weighted by atomic mass is 32.2. The summed E-state index contributed by atoms with van der Waals surface area (Å²) in [6.07, 6.45) is 1.58. The Morgan fingerprint density at radius 1 is 1.29 bits per heavy atom. The first-order valence-corrected chi connectivity index (χ1v) is 6.70. The number of ether oxygens (including phenoxy) is 1. The van der Waals surface area contributed by atoms with Crippen LogP contribution in [-0.4, -0.2) is 27.2 Å². The molecule has 0 aliphatic heterocycles. The van der Waals surface area contributed by atoms with Gasteiger partial charge in [0.2, 0.25) is 0 Å². The van der Waals surface area contributed by atoms with Gasteiger partial charge < -0.3 is 4.74 Å². The van der Waals surface area contributed by atoms with E-state index < -0.39 is 9.84 Å². The maximum absolute atomic E-state index is 11.9. The SMILES string of the molecule is C/C(=C\COC=O)CS(=O)(=O)c1ccccc1. The molecule has 0 N–H and O–H groups in total. The smallest absolute Gasteiger partial charge is 0.293 e. The maximum Gasteiger partial charge on any atom is 0.293 e. The molecule has 4 nitrogen and oxygen atoms in total. The van der Waals surface area contributed by atoms with E-state index in [4.69, 9.17) is 0 Å². The number of carbonyl (C=O) groups is 1. The zero-order valence-corrected chi connectivity index (χ0v) is 10.3. The lowest BCUT2D eigenvalue weighted by Gasteiger charge is -2.04. The Hall–Kier alpha value is -1.62. The van der Waals surface area contributed by atoms with Crippen molar-refractivity contribution in [2.45, 2.75) is 11.8 Å². The third kappa shape index (κ3) is 4.40. The summed E-state index contributed by atoms with van der Waals surface area (Å²) in [6, 6.07) is 8.25. The highest BCUT2D eigenvalue weighted by Gasteiger charge is 2.13. The first kappa shape index (κ1) is 13.4. The number of benzene rings is 1. The predicted octanol–water partition coefficient (Wildman–Crippen LogP) is 1.58. The Kier molecular flexibility index (Phi) is 4.90. The minimum absolute atomic E-state index is 0.0702. The Bertz CT molecular complexity index is 488. The second-order valence-corrected chi connectivity index (χ2v) is 5.54. The molecule has 0 bridgehead atoms. The zero-order chi connectivity index (χ0) is 12.7. The van der Waals surface area contributed by atoms with Gasteiger partial charge in [-0.25, -0.2) is 8.42 Å². The average Bonchev–Trinajstić information content (AvgIpc) is 2.30. The number of sulfone groups is 1. The molecule has 0 amide bonds. The minimum atomic E-state index is -3.31. The highest BCUT2D eigenvalue weighted by molar-refractivity contribution is 7.91. The summed E-state index contributed by atoms with van der Waals surface area (Å²) < 4.78 is 28.3. The molecule has 92 valence electrons. The van der Waals surface area contributed by atoms with Gasteiger partial charge in [0.1, 0.15) is 6.61 Å². The molecule has 0 aliphatic carbocycles. The Morgan fingerprint density at radius 2 is 1.94 bits per heavy atom. The monoisotopic (exact) mass is 254 g/mol. The zero-order valence-electron chi connectivity index (χ0n) is 9.50. The molecule has 0 atom stereocenters. The molecule has 0 aromatic heterocycles. The number of rotatable bonds is 6. The van der Waals surface area contributed by atoms with Crippen molar-refractivity contribution in [3.8, 4) is 0 Å². The van der Waals surface area contributed by atoms with Gasteiger partial charge in [0.05, 0.1) is 10.6 Å². The van der Waals surface area contributed by atoms with Gasteiger partial charge in [-0.15, -0.1) is 0 Å². The predicted molar refractivity (Wildman–Crippen MR) is 64.3 cm³/mol. The van der Waals surface area contributed by atoms with E-state index in [0.717, 1.165) is 0 Å². The molecule has 17 heavy (non-hydrogen) atoms. The Labute approximate surface area is 101 Å². The fourth-order valence-corrected chi connectivity index (χ4v) is 2.76. The van der Waals surface area contributed by atoms with Crippen LogP contribution in [0, 0.1) is 0 Å². The van der Waals surface area contributed by atoms with Crippen molar-refractivity contribution in [2.75, 3.05) is 12.4 Å². The van der Waals surface area contributed by atoms with E-state index in [1.807, 2.05) is 0 Å². The van der Waals surface area contributed by atoms with Gasteiger partial charge in [-0.1, -0.05) is 23.8 Å². The van der Waals surface area contributed by atoms with Gasteiger partial charge in [-0.2, -0.15) is 0 Å². The van der Waals surface area contributed by atoms with Crippen LogP contribution < -0.4 is 0 Å². The molecule has 0 heterocycles. The van der Waals surface area contributed by atoms with Gasteiger partial charge in [0, 0.05) is 0 Å². The van der Waals surface area contributed by atoms with Crippen LogP contribution in [0.3, 0.4) is 0 Å². The molecular formula is C12H14O4S. The van der Waals surface area contributed by atoms with E-state index in [1.165, 1.54) is 0 Å². The molecule has 0 radical (unpaired) electrons. The lowest BCUT2D eigenvalue weighted by atomic mass is 10.3. The fourth-order valence-electron chi connectivity index (χ4n) is 1.30. The van der Waals surface area contributed by atoms with E-state index in [1.54, 1.807) is 43.3 Å². The van der Waals surface area contributed by atoms with E-state index >= 15 is 0 Å². The average molecular weight is 254 g/mol. The van der Waals surface area contributed by atoms with Gasteiger partial charge in [0.15, 0.2) is 9.84 Å². The molecule has 1 aromatic rings. The highest BCUT2D eigenvalue weighted by Crippen LogP contribution is 2.13. The fraction of sp³-hybridized carbons (Fsp3) is 0.250. The van der Waals surface area contributed by atoms with Gasteiger partial charge in [-0.05, 0) is 25.1 Å². The number of carbonyl (C=O) groups excluding carboxylic acids is 1. The second-order valence-electron chi connectivity index (χ2n) is 3.55. The molecule has 0 saturated heterocycles. The Balaban J connectivity index is 2.74. The number of hydrogen-bond acceptors (Lipinski definition) is 4. The molecule has 5 heteroatoms. The van der Waals surface area contributed by atoms with Crippen LogP contribution in [-0.2, 0) is 19.4 Å². The van der Waals surface area contributed by atoms with Crippen molar-refractivity contribution in [2.24, 2.45) is 0 Å². The number of hydrogen-bond donors (Lipinski definition) is 0. The molecule has 1 aromatic carbocycles. The summed E-state index contributed by atoms with van der Waals surface area (Å²) in [5.74, 6) is -0.0702. The van der Waals surface area contributed by atoms with E-state index in [2.05, 4.69) is 4.74 Å². The van der Waals surface area contributed by atoms with Crippen LogP contribution in [0.15, 0.2) is 46.9 Å². The third-order valence-electron chi connectivity index (χ3n) is 2.12. The lowest BCUT2D eigenvalue weighted by Crippen LogP contribution is -2.08. The van der Waals surface area contributed by atoms with Crippen molar-refractivity contribution in [1.82, 2.24) is 0 Å². The first-order chi connectivity index (χ1) is 8.06. The summed E-state index contributed by atoms with van der Waals surface area (Å²) in [5, 5.41) is 0. The van der Waals surface area contributed by atoms with Crippen molar-refractivity contribution in [3.63, 3.8) is 0 Å². The van der Waals surface area contributed by atoms with Crippen LogP contribution in [0.2, 0.25) is 0 Å². The summed E-state index contributed by atoms with van der Waals surface area (Å²) in [4.78, 5) is 10.2. The van der Waals surface area contributed by atoms with Gasteiger partial charge in [0.25, 0.3) is 6.47 Å². The normalized spacial score (nSPS) is 12.2. The molecule has 0 spiro atoms. The van der Waals surface area contributed by atoms with Crippen LogP contribution >= 0.6 is 0 Å². The quantitative estimate of drug-likeness (QED) is 0.439. The lowest BCUT2D eigenvalue weighted by molar-refractivity contribution is -0.127. The summed E-state index contributed by atoms with van der Waals surface area (Å²) in [5.41, 5.74) is 0.649. The topological polar surface area (TPSA) is 60.4 Å². The van der Waals surface area contributed by atoms with Crippen molar-refractivity contribution >= 4 is 16.3 Å².